The van der Waals surface area contributed by atoms with Gasteiger partial charge in [0.1, 0.15) is 0 Å². The summed E-state index contributed by atoms with van der Waals surface area (Å²) in [5.41, 5.74) is 3.52. The summed E-state index contributed by atoms with van der Waals surface area (Å²) in [5.74, 6) is 0.768. The van der Waals surface area contributed by atoms with E-state index in [1.807, 2.05) is 24.5 Å². The van der Waals surface area contributed by atoms with Gasteiger partial charge >= 0.3 is 0 Å². The Morgan fingerprint density at radius 2 is 1.95 bits per heavy atom. The lowest BCUT2D eigenvalue weighted by atomic mass is 10.1. The topological polar surface area (TPSA) is 49.2 Å². The third-order valence-electron chi connectivity index (χ3n) is 4.33. The molecule has 0 amide bonds. The monoisotopic (exact) mass is 297 g/mol. The van der Waals surface area contributed by atoms with Crippen LogP contribution in [0.1, 0.15) is 24.0 Å². The molecule has 2 aromatic rings. The molecule has 0 atom stereocenters. The van der Waals surface area contributed by atoms with Crippen molar-refractivity contribution in [3.05, 3.63) is 47.8 Å². The zero-order valence-electron chi connectivity index (χ0n) is 13.3. The van der Waals surface area contributed by atoms with Crippen molar-refractivity contribution in [2.24, 2.45) is 5.41 Å². The summed E-state index contributed by atoms with van der Waals surface area (Å²) in [6.45, 7) is 4.11. The van der Waals surface area contributed by atoms with Crippen LogP contribution in [0.2, 0.25) is 0 Å². The van der Waals surface area contributed by atoms with E-state index in [9.17, 15) is 5.11 Å². The normalized spacial score (nSPS) is 16.0. The Morgan fingerprint density at radius 1 is 1.23 bits per heavy atom. The Hall–Kier alpha value is -1.78. The van der Waals surface area contributed by atoms with Gasteiger partial charge in [0.05, 0.1) is 0 Å². The molecule has 116 valence electrons. The summed E-state index contributed by atoms with van der Waals surface area (Å²) in [7, 11) is 2.09. The number of hydrogen-bond donors (Lipinski definition) is 1. The van der Waals surface area contributed by atoms with Gasteiger partial charge in [-0.1, -0.05) is 23.8 Å². The molecule has 1 aliphatic rings. The van der Waals surface area contributed by atoms with E-state index in [1.54, 1.807) is 0 Å². The van der Waals surface area contributed by atoms with Crippen LogP contribution in [0, 0.1) is 12.3 Å². The second-order valence-corrected chi connectivity index (χ2v) is 6.61. The molecule has 1 fully saturated rings. The van der Waals surface area contributed by atoms with Gasteiger partial charge in [-0.2, -0.15) is 0 Å². The van der Waals surface area contributed by atoms with E-state index < -0.39 is 0 Å². The van der Waals surface area contributed by atoms with E-state index in [-0.39, 0.29) is 5.41 Å². The molecule has 1 heterocycles. The van der Waals surface area contributed by atoms with Crippen LogP contribution in [0.25, 0.3) is 11.4 Å². The lowest BCUT2D eigenvalue weighted by molar-refractivity contribution is 0.161. The third-order valence-corrected chi connectivity index (χ3v) is 4.33. The molecule has 1 aliphatic carbocycles. The fraction of sp³-hybridized carbons (Fsp3) is 0.444. The Labute approximate surface area is 131 Å². The van der Waals surface area contributed by atoms with Gasteiger partial charge in [-0.05, 0) is 32.9 Å². The molecule has 0 bridgehead atoms. The summed E-state index contributed by atoms with van der Waals surface area (Å²) in [6.07, 6.45) is 6.08. The molecule has 0 spiro atoms. The molecular formula is C18H23N3O. The zero-order valence-corrected chi connectivity index (χ0v) is 13.3. The summed E-state index contributed by atoms with van der Waals surface area (Å²) in [4.78, 5) is 11.2. The molecule has 0 unspecified atom stereocenters. The van der Waals surface area contributed by atoms with Crippen LogP contribution < -0.4 is 0 Å². The number of rotatable bonds is 6. The maximum Gasteiger partial charge on any atom is 0.159 e. The van der Waals surface area contributed by atoms with Crippen LogP contribution in [0.4, 0.5) is 0 Å². The van der Waals surface area contributed by atoms with Gasteiger partial charge < -0.3 is 10.0 Å². The number of benzene rings is 1. The number of aryl methyl sites for hydroxylation is 1. The van der Waals surface area contributed by atoms with Gasteiger partial charge in [0.15, 0.2) is 5.82 Å². The standard InChI is InChI=1S/C18H23N3O/c1-14-4-3-5-16(8-14)17-19-9-15(10-20-17)11-21(2)12-18(13-22)6-7-18/h3-5,8-10,22H,6-7,11-13H2,1-2H3. The van der Waals surface area contributed by atoms with Crippen molar-refractivity contribution in [3.63, 3.8) is 0 Å². The number of aliphatic hydroxyl groups is 1. The van der Waals surface area contributed by atoms with Crippen LogP contribution in [-0.4, -0.2) is 40.2 Å². The van der Waals surface area contributed by atoms with Gasteiger partial charge in [0, 0.05) is 48.6 Å². The fourth-order valence-electron chi connectivity index (χ4n) is 2.85. The first kappa shape index (κ1) is 15.1. The van der Waals surface area contributed by atoms with Gasteiger partial charge in [-0.15, -0.1) is 0 Å². The highest BCUT2D eigenvalue weighted by Gasteiger charge is 2.42. The average molecular weight is 297 g/mol. The highest BCUT2D eigenvalue weighted by Crippen LogP contribution is 2.45. The highest BCUT2D eigenvalue weighted by atomic mass is 16.3. The second-order valence-electron chi connectivity index (χ2n) is 6.61. The van der Waals surface area contributed by atoms with E-state index >= 15 is 0 Å². The molecule has 3 rings (SSSR count). The molecule has 0 saturated heterocycles. The third kappa shape index (κ3) is 3.51. The van der Waals surface area contributed by atoms with E-state index in [2.05, 4.69) is 41.0 Å². The van der Waals surface area contributed by atoms with E-state index in [4.69, 9.17) is 0 Å². The molecule has 4 heteroatoms. The summed E-state index contributed by atoms with van der Waals surface area (Å²) >= 11 is 0. The fourth-order valence-corrected chi connectivity index (χ4v) is 2.85. The van der Waals surface area contributed by atoms with Gasteiger partial charge in [0.25, 0.3) is 0 Å². The van der Waals surface area contributed by atoms with Gasteiger partial charge in [-0.25, -0.2) is 9.97 Å². The molecule has 1 aromatic carbocycles. The molecule has 0 radical (unpaired) electrons. The lowest BCUT2D eigenvalue weighted by Crippen LogP contribution is -2.28. The minimum Gasteiger partial charge on any atom is -0.396 e. The Balaban J connectivity index is 1.64. The van der Waals surface area contributed by atoms with Crippen molar-refractivity contribution in [3.8, 4) is 11.4 Å². The number of aromatic nitrogens is 2. The molecule has 0 aliphatic heterocycles. The minimum absolute atomic E-state index is 0.150. The van der Waals surface area contributed by atoms with Crippen molar-refractivity contribution in [1.82, 2.24) is 14.9 Å². The van der Waals surface area contributed by atoms with Crippen molar-refractivity contribution >= 4 is 0 Å². The SMILES string of the molecule is Cc1cccc(-c2ncc(CN(C)CC3(CO)CC3)cn2)c1. The van der Waals surface area contributed by atoms with Crippen molar-refractivity contribution in [1.29, 1.82) is 0 Å². The van der Waals surface area contributed by atoms with Crippen LogP contribution >= 0.6 is 0 Å². The Kier molecular flexibility index (Phi) is 4.23. The average Bonchev–Trinajstić information content (AvgIpc) is 3.28. The second kappa shape index (κ2) is 6.15. The number of aliphatic hydroxyl groups excluding tert-OH is 1. The van der Waals surface area contributed by atoms with Gasteiger partial charge in [0.2, 0.25) is 0 Å². The predicted molar refractivity (Wildman–Crippen MR) is 87.3 cm³/mol. The van der Waals surface area contributed by atoms with Crippen molar-refractivity contribution < 1.29 is 5.11 Å². The summed E-state index contributed by atoms with van der Waals surface area (Å²) in [5, 5.41) is 9.40. The number of hydrogen-bond acceptors (Lipinski definition) is 4. The quantitative estimate of drug-likeness (QED) is 0.890. The largest absolute Gasteiger partial charge is 0.396 e. The molecule has 1 saturated carbocycles. The van der Waals surface area contributed by atoms with E-state index in [0.717, 1.165) is 42.9 Å². The van der Waals surface area contributed by atoms with Crippen molar-refractivity contribution in [2.75, 3.05) is 20.2 Å². The van der Waals surface area contributed by atoms with Crippen LogP contribution in [0.5, 0.6) is 0 Å². The zero-order chi connectivity index (χ0) is 15.6. The van der Waals surface area contributed by atoms with Crippen LogP contribution in [0.15, 0.2) is 36.7 Å². The first-order valence-corrected chi connectivity index (χ1v) is 7.78. The minimum atomic E-state index is 0.150. The predicted octanol–water partition coefficient (Wildman–Crippen LogP) is 2.66. The molecule has 4 nitrogen and oxygen atoms in total. The summed E-state index contributed by atoms with van der Waals surface area (Å²) in [6, 6.07) is 8.23. The Morgan fingerprint density at radius 3 is 2.55 bits per heavy atom. The van der Waals surface area contributed by atoms with Crippen molar-refractivity contribution in [2.45, 2.75) is 26.3 Å². The molecule has 22 heavy (non-hydrogen) atoms. The summed E-state index contributed by atoms with van der Waals surface area (Å²) < 4.78 is 0. The maximum atomic E-state index is 9.40. The van der Waals surface area contributed by atoms with E-state index in [1.165, 1.54) is 5.56 Å². The molecule has 1 aromatic heterocycles. The first-order chi connectivity index (χ1) is 10.6. The van der Waals surface area contributed by atoms with E-state index in [0.29, 0.717) is 6.61 Å². The first-order valence-electron chi connectivity index (χ1n) is 7.78. The lowest BCUT2D eigenvalue weighted by Gasteiger charge is -2.21. The van der Waals surface area contributed by atoms with Gasteiger partial charge in [-0.3, -0.25) is 0 Å². The molecule has 1 N–H and O–H groups in total. The maximum absolute atomic E-state index is 9.40. The van der Waals surface area contributed by atoms with Crippen LogP contribution in [-0.2, 0) is 6.54 Å². The smallest absolute Gasteiger partial charge is 0.159 e. The highest BCUT2D eigenvalue weighted by molar-refractivity contribution is 5.55. The number of nitrogens with zero attached hydrogens (tertiary/aromatic N) is 3. The molecular weight excluding hydrogens is 274 g/mol. The Bertz CT molecular complexity index is 635. The van der Waals surface area contributed by atoms with Crippen LogP contribution in [0.3, 0.4) is 0 Å².